The van der Waals surface area contributed by atoms with Crippen LogP contribution in [0.5, 0.6) is 0 Å². The Kier molecular flexibility index (Phi) is 9.60. The van der Waals surface area contributed by atoms with E-state index in [9.17, 15) is 19.8 Å². The average molecular weight is 667 g/mol. The van der Waals surface area contributed by atoms with Crippen molar-refractivity contribution in [3.63, 3.8) is 0 Å². The van der Waals surface area contributed by atoms with Crippen molar-refractivity contribution in [1.82, 2.24) is 0 Å². The molecule has 274 valence electrons. The van der Waals surface area contributed by atoms with Crippen molar-refractivity contribution in [2.24, 2.45) is 80.8 Å². The maximum atomic E-state index is 14.5. The molecule has 4 nitrogen and oxygen atoms in total. The third-order valence-corrected chi connectivity index (χ3v) is 18.7. The summed E-state index contributed by atoms with van der Waals surface area (Å²) in [6.45, 7) is 24.0. The van der Waals surface area contributed by atoms with Gasteiger partial charge in [0.15, 0.2) is 11.6 Å². The summed E-state index contributed by atoms with van der Waals surface area (Å²) in [5.41, 5.74) is -3.20. The lowest BCUT2D eigenvalue weighted by Crippen LogP contribution is -2.63. The molecule has 14 atom stereocenters. The van der Waals surface area contributed by atoms with Crippen LogP contribution in [0.1, 0.15) is 172 Å². The van der Waals surface area contributed by atoms with E-state index in [0.29, 0.717) is 72.0 Å². The van der Waals surface area contributed by atoms with E-state index in [-0.39, 0.29) is 35.2 Å². The van der Waals surface area contributed by atoms with Gasteiger partial charge in [-0.15, -0.1) is 0 Å². The molecule has 0 spiro atoms. The molecule has 2 N–H and O–H groups in total. The Morgan fingerprint density at radius 2 is 0.812 bits per heavy atom. The Labute approximate surface area is 294 Å². The van der Waals surface area contributed by atoms with E-state index < -0.39 is 22.0 Å². The lowest BCUT2D eigenvalue weighted by atomic mass is 9.44. The van der Waals surface area contributed by atoms with Gasteiger partial charge in [-0.25, -0.2) is 0 Å². The summed E-state index contributed by atoms with van der Waals surface area (Å²) >= 11 is 0. The van der Waals surface area contributed by atoms with Gasteiger partial charge in [0.25, 0.3) is 0 Å². The molecule has 6 aliphatic rings. The van der Waals surface area contributed by atoms with Crippen LogP contribution in [0.15, 0.2) is 0 Å². The van der Waals surface area contributed by atoms with Gasteiger partial charge in [0.2, 0.25) is 0 Å². The zero-order chi connectivity index (χ0) is 35.2. The fraction of sp³-hybridized carbons (Fsp3) is 0.955. The van der Waals surface area contributed by atoms with Crippen LogP contribution in [0, 0.1) is 80.8 Å². The normalized spacial score (nSPS) is 51.6. The largest absolute Gasteiger partial charge is 0.381 e. The van der Waals surface area contributed by atoms with E-state index in [1.807, 2.05) is 0 Å². The first kappa shape index (κ1) is 37.0. The molecule has 6 aliphatic carbocycles. The molecule has 0 aliphatic heterocycles. The van der Waals surface area contributed by atoms with Gasteiger partial charge in [-0.1, -0.05) is 82.1 Å². The Bertz CT molecular complexity index is 1140. The SMILES string of the molecule is C[C@@H]1CCC(O)(C(=O)CCC(=O)C2(O)CC[C@@H](C)[C@H]3C[C@@H]4CC[C@@H](C)[C@H](CC[C@@]32C)C4(C)C)[C@@]2(C)CC[C@H]3[C@H](C)CC[C@@H](C[C@H]12)C3(C)C. The van der Waals surface area contributed by atoms with Crippen LogP contribution in [0.2, 0.25) is 0 Å². The molecule has 0 saturated heterocycles. The topological polar surface area (TPSA) is 74.6 Å². The molecule has 0 aromatic heterocycles. The van der Waals surface area contributed by atoms with Crippen molar-refractivity contribution in [2.75, 3.05) is 0 Å². The molecule has 6 fully saturated rings. The van der Waals surface area contributed by atoms with Crippen LogP contribution in [-0.2, 0) is 9.59 Å². The fourth-order valence-electron chi connectivity index (χ4n) is 14.9. The number of rotatable bonds is 5. The van der Waals surface area contributed by atoms with Crippen LogP contribution in [0.25, 0.3) is 0 Å². The second-order valence-corrected chi connectivity index (χ2v) is 21.1. The molecular formula is C44H74O4. The van der Waals surface area contributed by atoms with Crippen LogP contribution < -0.4 is 0 Å². The monoisotopic (exact) mass is 667 g/mol. The lowest BCUT2D eigenvalue weighted by Gasteiger charge is -2.61. The van der Waals surface area contributed by atoms with Gasteiger partial charge in [0.1, 0.15) is 11.2 Å². The molecule has 4 heteroatoms. The number of fused-ring (bicyclic) bond motifs is 6. The first-order chi connectivity index (χ1) is 22.2. The van der Waals surface area contributed by atoms with Gasteiger partial charge in [-0.05, 0) is 147 Å². The molecule has 0 amide bonds. The number of aliphatic hydroxyl groups is 2. The van der Waals surface area contributed by atoms with E-state index in [1.165, 1.54) is 25.7 Å². The van der Waals surface area contributed by atoms with Crippen molar-refractivity contribution in [1.29, 1.82) is 0 Å². The first-order valence-corrected chi connectivity index (χ1v) is 20.8. The molecular weight excluding hydrogens is 592 g/mol. The quantitative estimate of drug-likeness (QED) is 0.306. The number of Topliss-reactive ketones (excluding diaryl/α,β-unsaturated/α-hetero) is 2. The summed E-state index contributed by atoms with van der Waals surface area (Å²) in [5.74, 6) is 5.11. The summed E-state index contributed by atoms with van der Waals surface area (Å²) in [5, 5.41) is 25.3. The predicted molar refractivity (Wildman–Crippen MR) is 195 cm³/mol. The zero-order valence-corrected chi connectivity index (χ0v) is 32.8. The highest BCUT2D eigenvalue weighted by atomic mass is 16.3. The number of carbonyl (C=O) groups is 2. The van der Waals surface area contributed by atoms with E-state index in [4.69, 9.17) is 0 Å². The van der Waals surface area contributed by atoms with Crippen molar-refractivity contribution < 1.29 is 19.8 Å². The van der Waals surface area contributed by atoms with Crippen LogP contribution in [0.4, 0.5) is 0 Å². The average Bonchev–Trinajstić information content (AvgIpc) is 3.01. The molecule has 4 bridgehead atoms. The number of hydrogen-bond donors (Lipinski definition) is 2. The molecule has 6 rings (SSSR count). The minimum Gasteiger partial charge on any atom is -0.381 e. The Balaban J connectivity index is 1.23. The first-order valence-electron chi connectivity index (χ1n) is 20.8. The summed E-state index contributed by atoms with van der Waals surface area (Å²) in [4.78, 5) is 29.0. The standard InChI is InChI=1S/C44H74O4/c1-27-11-13-31-25-35-29(3)17-23-43(47,41(35,9)21-19-33(27)39(31,5)6)37(45)15-16-38(46)44(48)24-18-30(4)36-26-32-14-12-28(2)34(40(32,7)8)20-22-42(36,44)10/h27-36,47-48H,11-26H2,1-10H3/t27-,28-,29-,30-,31+,32+,33+,34+,35-,36-,41+,42+,43?,44?/m1/s1. The highest BCUT2D eigenvalue weighted by Crippen LogP contribution is 2.65. The maximum Gasteiger partial charge on any atom is 0.165 e. The minimum atomic E-state index is -1.40. The molecule has 0 radical (unpaired) electrons. The second kappa shape index (κ2) is 12.4. The van der Waals surface area contributed by atoms with Crippen molar-refractivity contribution >= 4 is 11.6 Å². The van der Waals surface area contributed by atoms with Gasteiger partial charge in [-0.2, -0.15) is 0 Å². The molecule has 0 aromatic rings. The van der Waals surface area contributed by atoms with E-state index in [2.05, 4.69) is 69.2 Å². The molecule has 48 heavy (non-hydrogen) atoms. The number of ketones is 2. The Hall–Kier alpha value is -0.740. The summed E-state index contributed by atoms with van der Waals surface area (Å²) in [6.07, 6.45) is 14.0. The number of carbonyl (C=O) groups excluding carboxylic acids is 2. The summed E-state index contributed by atoms with van der Waals surface area (Å²) < 4.78 is 0. The van der Waals surface area contributed by atoms with E-state index in [0.717, 1.165) is 51.4 Å². The smallest absolute Gasteiger partial charge is 0.165 e. The van der Waals surface area contributed by atoms with Crippen LogP contribution in [0.3, 0.4) is 0 Å². The van der Waals surface area contributed by atoms with Gasteiger partial charge < -0.3 is 10.2 Å². The highest BCUT2D eigenvalue weighted by Gasteiger charge is 2.64. The molecule has 0 aromatic carbocycles. The lowest BCUT2D eigenvalue weighted by molar-refractivity contribution is -0.194. The summed E-state index contributed by atoms with van der Waals surface area (Å²) in [7, 11) is 0. The fourth-order valence-corrected chi connectivity index (χ4v) is 14.9. The second-order valence-electron chi connectivity index (χ2n) is 21.1. The zero-order valence-electron chi connectivity index (χ0n) is 32.8. The molecule has 6 saturated carbocycles. The van der Waals surface area contributed by atoms with Crippen LogP contribution >= 0.6 is 0 Å². The molecule has 2 unspecified atom stereocenters. The van der Waals surface area contributed by atoms with Crippen molar-refractivity contribution in [3.8, 4) is 0 Å². The van der Waals surface area contributed by atoms with Crippen molar-refractivity contribution in [2.45, 2.75) is 183 Å². The number of hydrogen-bond acceptors (Lipinski definition) is 4. The van der Waals surface area contributed by atoms with Gasteiger partial charge in [0.05, 0.1) is 0 Å². The highest BCUT2D eigenvalue weighted by molar-refractivity contribution is 5.95. The van der Waals surface area contributed by atoms with Gasteiger partial charge >= 0.3 is 0 Å². The molecule has 0 heterocycles. The van der Waals surface area contributed by atoms with Crippen molar-refractivity contribution in [3.05, 3.63) is 0 Å². The predicted octanol–water partition coefficient (Wildman–Crippen LogP) is 10.2. The van der Waals surface area contributed by atoms with E-state index in [1.54, 1.807) is 0 Å². The Morgan fingerprint density at radius 1 is 0.479 bits per heavy atom. The third-order valence-electron chi connectivity index (χ3n) is 18.7. The maximum absolute atomic E-state index is 14.5. The third kappa shape index (κ3) is 5.39. The van der Waals surface area contributed by atoms with Gasteiger partial charge in [0, 0.05) is 23.7 Å². The van der Waals surface area contributed by atoms with Gasteiger partial charge in [-0.3, -0.25) is 9.59 Å². The minimum absolute atomic E-state index is 0.0503. The van der Waals surface area contributed by atoms with Crippen LogP contribution in [-0.4, -0.2) is 33.0 Å². The van der Waals surface area contributed by atoms with E-state index >= 15 is 0 Å². The summed E-state index contributed by atoms with van der Waals surface area (Å²) in [6, 6.07) is 0. The Morgan fingerprint density at radius 3 is 1.17 bits per heavy atom.